The van der Waals surface area contributed by atoms with Crippen molar-refractivity contribution >= 4 is 52.8 Å². The number of anilines is 1. The zero-order valence-electron chi connectivity index (χ0n) is 18.0. The van der Waals surface area contributed by atoms with Crippen molar-refractivity contribution in [3.63, 3.8) is 0 Å². The lowest BCUT2D eigenvalue weighted by molar-refractivity contribution is -0.122. The number of urea groups is 1. The number of imide groups is 2. The van der Waals surface area contributed by atoms with Gasteiger partial charge >= 0.3 is 6.03 Å². The lowest BCUT2D eigenvalue weighted by Crippen LogP contribution is -2.54. The van der Waals surface area contributed by atoms with Gasteiger partial charge in [0.05, 0.1) is 24.4 Å². The average Bonchev–Trinajstić information content (AvgIpc) is 3.25. The summed E-state index contributed by atoms with van der Waals surface area (Å²) >= 11 is 12.0. The van der Waals surface area contributed by atoms with Gasteiger partial charge in [0.15, 0.2) is 0 Å². The number of hydrogen-bond acceptors (Lipinski definition) is 5. The Morgan fingerprint density at radius 1 is 1.03 bits per heavy atom. The molecular weight excluding hydrogens is 481 g/mol. The van der Waals surface area contributed by atoms with Gasteiger partial charge in [-0.3, -0.25) is 14.9 Å². The van der Waals surface area contributed by atoms with Crippen LogP contribution < -0.4 is 19.7 Å². The van der Waals surface area contributed by atoms with Gasteiger partial charge in [0.1, 0.15) is 23.7 Å². The van der Waals surface area contributed by atoms with Gasteiger partial charge in [-0.05, 0) is 60.7 Å². The van der Waals surface area contributed by atoms with Gasteiger partial charge in [-0.25, -0.2) is 9.69 Å². The summed E-state index contributed by atoms with van der Waals surface area (Å²) in [5.74, 6) is -0.484. The van der Waals surface area contributed by atoms with Crippen molar-refractivity contribution < 1.29 is 23.9 Å². The minimum atomic E-state index is -0.861. The Morgan fingerprint density at radius 3 is 2.50 bits per heavy atom. The zero-order valence-corrected chi connectivity index (χ0v) is 19.5. The largest absolute Gasteiger partial charge is 0.495 e. The number of halogens is 2. The summed E-state index contributed by atoms with van der Waals surface area (Å²) < 4.78 is 12.7. The Hall–Kier alpha value is -3.75. The minimum absolute atomic E-state index is 0.190. The van der Waals surface area contributed by atoms with E-state index in [1.165, 1.54) is 31.4 Å². The van der Waals surface area contributed by atoms with Gasteiger partial charge in [-0.15, -0.1) is 0 Å². The molecule has 0 aliphatic carbocycles. The van der Waals surface area contributed by atoms with Crippen molar-refractivity contribution in [1.29, 1.82) is 0 Å². The van der Waals surface area contributed by atoms with Crippen LogP contribution in [0.5, 0.6) is 11.5 Å². The number of hydrogen-bond donors (Lipinski definition) is 1. The van der Waals surface area contributed by atoms with Crippen LogP contribution in [0.1, 0.15) is 5.69 Å². The third-order valence-electron chi connectivity index (χ3n) is 5.07. The van der Waals surface area contributed by atoms with Crippen LogP contribution in [0.15, 0.2) is 66.4 Å². The highest BCUT2D eigenvalue weighted by Crippen LogP contribution is 2.31. The van der Waals surface area contributed by atoms with E-state index in [0.717, 1.165) is 4.90 Å². The molecule has 1 saturated heterocycles. The highest BCUT2D eigenvalue weighted by molar-refractivity contribution is 6.39. The van der Waals surface area contributed by atoms with E-state index < -0.39 is 17.8 Å². The van der Waals surface area contributed by atoms with Gasteiger partial charge in [-0.2, -0.15) is 0 Å². The normalized spacial score (nSPS) is 15.0. The van der Waals surface area contributed by atoms with Gasteiger partial charge in [0.2, 0.25) is 0 Å². The van der Waals surface area contributed by atoms with Crippen LogP contribution in [-0.4, -0.2) is 36.1 Å². The maximum atomic E-state index is 13.1. The quantitative estimate of drug-likeness (QED) is 0.380. The molecule has 0 spiro atoms. The molecule has 3 aromatic rings. The van der Waals surface area contributed by atoms with Gasteiger partial charge in [0.25, 0.3) is 11.8 Å². The second-order valence-corrected chi connectivity index (χ2v) is 8.05. The summed E-state index contributed by atoms with van der Waals surface area (Å²) in [6.45, 7) is 0.808. The summed E-state index contributed by atoms with van der Waals surface area (Å²) in [6.07, 6.45) is 3.24. The van der Waals surface area contributed by atoms with E-state index in [-0.39, 0.29) is 16.3 Å². The summed E-state index contributed by atoms with van der Waals surface area (Å²) in [6, 6.07) is 14.1. The molecule has 4 amide bonds. The fourth-order valence-corrected chi connectivity index (χ4v) is 3.77. The molecule has 2 heterocycles. The van der Waals surface area contributed by atoms with Crippen LogP contribution in [0.4, 0.5) is 10.5 Å². The molecule has 34 heavy (non-hydrogen) atoms. The number of carbonyl (C=O) groups is 3. The van der Waals surface area contributed by atoms with Crippen LogP contribution in [0.3, 0.4) is 0 Å². The van der Waals surface area contributed by atoms with Crippen molar-refractivity contribution in [3.05, 3.63) is 82.1 Å². The Morgan fingerprint density at radius 2 is 1.79 bits per heavy atom. The predicted molar refractivity (Wildman–Crippen MR) is 128 cm³/mol. The molecule has 2 aromatic carbocycles. The molecule has 174 valence electrons. The first-order valence-electron chi connectivity index (χ1n) is 10.2. The second kappa shape index (κ2) is 10.0. The molecule has 1 aliphatic rings. The molecule has 1 N–H and O–H groups in total. The molecule has 8 nitrogen and oxygen atoms in total. The van der Waals surface area contributed by atoms with Gasteiger partial charge in [0, 0.05) is 16.9 Å². The number of aromatic nitrogens is 1. The average molecular weight is 500 g/mol. The molecule has 0 bridgehead atoms. The fourth-order valence-electron chi connectivity index (χ4n) is 3.39. The number of nitrogens with zero attached hydrogens (tertiary/aromatic N) is 2. The summed E-state index contributed by atoms with van der Waals surface area (Å²) in [5.41, 5.74) is 0.615. The number of benzene rings is 2. The van der Waals surface area contributed by atoms with E-state index in [2.05, 4.69) is 5.32 Å². The van der Waals surface area contributed by atoms with Crippen molar-refractivity contribution in [2.24, 2.45) is 0 Å². The van der Waals surface area contributed by atoms with Gasteiger partial charge in [-0.1, -0.05) is 23.2 Å². The third-order valence-corrected chi connectivity index (χ3v) is 5.61. The first kappa shape index (κ1) is 23.4. The van der Waals surface area contributed by atoms with E-state index in [9.17, 15) is 14.4 Å². The topological polar surface area (TPSA) is 89.9 Å². The van der Waals surface area contributed by atoms with E-state index in [1.54, 1.807) is 42.6 Å². The Kier molecular flexibility index (Phi) is 6.90. The van der Waals surface area contributed by atoms with Crippen LogP contribution in [-0.2, 0) is 16.1 Å². The van der Waals surface area contributed by atoms with Crippen LogP contribution in [0, 0.1) is 0 Å². The molecular formula is C24H19Cl2N3O5. The molecule has 0 radical (unpaired) electrons. The number of carbonyl (C=O) groups excluding carboxylic acids is 3. The Bertz CT molecular complexity index is 1280. The molecule has 1 fully saturated rings. The van der Waals surface area contributed by atoms with Crippen molar-refractivity contribution in [2.45, 2.75) is 6.54 Å². The number of methoxy groups -OCH3 is 1. The smallest absolute Gasteiger partial charge is 0.335 e. The SMILES string of the molecule is COc1ccc(N2C(=O)NC(=O)C(=Cc3cccn3CCOc3ccc(Cl)cc3)C2=O)cc1Cl. The van der Waals surface area contributed by atoms with Crippen molar-refractivity contribution in [1.82, 2.24) is 9.88 Å². The van der Waals surface area contributed by atoms with E-state index >= 15 is 0 Å². The zero-order chi connectivity index (χ0) is 24.2. The lowest BCUT2D eigenvalue weighted by Gasteiger charge is -2.26. The molecule has 0 saturated carbocycles. The predicted octanol–water partition coefficient (Wildman–Crippen LogP) is 4.55. The maximum Gasteiger partial charge on any atom is 0.335 e. The molecule has 10 heteroatoms. The molecule has 0 unspecified atom stereocenters. The van der Waals surface area contributed by atoms with Crippen molar-refractivity contribution in [3.8, 4) is 11.5 Å². The third kappa shape index (κ3) is 4.93. The van der Waals surface area contributed by atoms with E-state index in [1.807, 2.05) is 4.57 Å². The fraction of sp³-hybridized carbons (Fsp3) is 0.125. The Labute approximate surface area is 205 Å². The molecule has 4 rings (SSSR count). The van der Waals surface area contributed by atoms with Crippen LogP contribution in [0.25, 0.3) is 6.08 Å². The van der Waals surface area contributed by atoms with Crippen molar-refractivity contribution in [2.75, 3.05) is 18.6 Å². The monoisotopic (exact) mass is 499 g/mol. The number of ether oxygens (including phenoxy) is 2. The highest BCUT2D eigenvalue weighted by Gasteiger charge is 2.37. The highest BCUT2D eigenvalue weighted by atomic mass is 35.5. The number of nitrogens with one attached hydrogen (secondary N) is 1. The first-order chi connectivity index (χ1) is 16.4. The summed E-state index contributed by atoms with van der Waals surface area (Å²) in [4.78, 5) is 38.9. The number of barbiturate groups is 1. The van der Waals surface area contributed by atoms with Crippen LogP contribution >= 0.6 is 23.2 Å². The standard InChI is InChI=1S/C24H19Cl2N3O5/c1-33-21-9-6-17(14-20(21)26)29-23(31)19(22(30)27-24(29)32)13-16-3-2-10-28(16)11-12-34-18-7-4-15(25)5-8-18/h2-10,13-14H,11-12H2,1H3,(H,27,30,32). The maximum absolute atomic E-state index is 13.1. The molecule has 1 aromatic heterocycles. The first-order valence-corrected chi connectivity index (χ1v) is 10.9. The number of rotatable bonds is 7. The van der Waals surface area contributed by atoms with Gasteiger partial charge < -0.3 is 14.0 Å². The molecule has 1 aliphatic heterocycles. The van der Waals surface area contributed by atoms with E-state index in [4.69, 9.17) is 32.7 Å². The minimum Gasteiger partial charge on any atom is -0.495 e. The lowest BCUT2D eigenvalue weighted by atomic mass is 10.1. The van der Waals surface area contributed by atoms with Crippen LogP contribution in [0.2, 0.25) is 10.0 Å². The Balaban J connectivity index is 1.54. The summed E-state index contributed by atoms with van der Waals surface area (Å²) in [7, 11) is 1.45. The molecule has 0 atom stereocenters. The second-order valence-electron chi connectivity index (χ2n) is 7.21. The summed E-state index contributed by atoms with van der Waals surface area (Å²) in [5, 5.41) is 3.03. The van der Waals surface area contributed by atoms with E-state index in [0.29, 0.717) is 35.4 Å². The number of amides is 4.